The standard InChI is InChI=1S/C25H25NO2S/c1-25(2)16-22(21-10-6-7-11-23(21)28-25)26-24(27)19-14-12-18(13-15-19)17-29-20-8-4-3-5-9-20/h3-15,22H,16-17H2,1-2H3,(H,26,27)/t22-/m1/s1. The Kier molecular flexibility index (Phi) is 5.63. The number of ether oxygens (including phenoxy) is 1. The van der Waals surface area contributed by atoms with Gasteiger partial charge in [0.1, 0.15) is 11.4 Å². The topological polar surface area (TPSA) is 38.3 Å². The van der Waals surface area contributed by atoms with Crippen molar-refractivity contribution in [1.82, 2.24) is 5.32 Å². The summed E-state index contributed by atoms with van der Waals surface area (Å²) in [5.74, 6) is 1.68. The predicted molar refractivity (Wildman–Crippen MR) is 118 cm³/mol. The molecule has 0 saturated carbocycles. The molecule has 0 aliphatic carbocycles. The van der Waals surface area contributed by atoms with E-state index >= 15 is 0 Å². The third-order valence-electron chi connectivity index (χ3n) is 5.05. The van der Waals surface area contributed by atoms with Gasteiger partial charge in [-0.15, -0.1) is 11.8 Å². The van der Waals surface area contributed by atoms with Crippen LogP contribution in [-0.2, 0) is 5.75 Å². The molecule has 1 heterocycles. The second-order valence-electron chi connectivity index (χ2n) is 7.93. The largest absolute Gasteiger partial charge is 0.487 e. The smallest absolute Gasteiger partial charge is 0.251 e. The molecule has 3 aromatic carbocycles. The second kappa shape index (κ2) is 8.34. The zero-order valence-corrected chi connectivity index (χ0v) is 17.5. The summed E-state index contributed by atoms with van der Waals surface area (Å²) in [6.07, 6.45) is 0.738. The van der Waals surface area contributed by atoms with E-state index in [2.05, 4.69) is 31.3 Å². The van der Waals surface area contributed by atoms with E-state index in [1.54, 1.807) is 11.8 Å². The Balaban J connectivity index is 1.42. The van der Waals surface area contributed by atoms with Gasteiger partial charge < -0.3 is 10.1 Å². The number of carbonyl (C=O) groups is 1. The van der Waals surface area contributed by atoms with Gasteiger partial charge in [0, 0.05) is 28.2 Å². The van der Waals surface area contributed by atoms with E-state index in [9.17, 15) is 4.79 Å². The first-order chi connectivity index (χ1) is 14.0. The lowest BCUT2D eigenvalue weighted by molar-refractivity contribution is 0.0619. The molecule has 0 spiro atoms. The Labute approximate surface area is 176 Å². The number of hydrogen-bond donors (Lipinski definition) is 1. The number of hydrogen-bond acceptors (Lipinski definition) is 3. The van der Waals surface area contributed by atoms with Crippen LogP contribution in [-0.4, -0.2) is 11.5 Å². The first kappa shape index (κ1) is 19.6. The molecule has 3 aromatic rings. The van der Waals surface area contributed by atoms with Gasteiger partial charge in [-0.3, -0.25) is 4.79 Å². The van der Waals surface area contributed by atoms with Crippen molar-refractivity contribution in [2.75, 3.05) is 0 Å². The van der Waals surface area contributed by atoms with Gasteiger partial charge in [0.15, 0.2) is 0 Å². The van der Waals surface area contributed by atoms with E-state index < -0.39 is 0 Å². The van der Waals surface area contributed by atoms with E-state index in [-0.39, 0.29) is 17.6 Å². The molecule has 0 fully saturated rings. The molecule has 0 radical (unpaired) electrons. The van der Waals surface area contributed by atoms with Crippen LogP contribution in [0.4, 0.5) is 0 Å². The van der Waals surface area contributed by atoms with Crippen molar-refractivity contribution in [3.05, 3.63) is 95.6 Å². The Morgan fingerprint density at radius 3 is 2.45 bits per heavy atom. The molecular weight excluding hydrogens is 378 g/mol. The maximum absolute atomic E-state index is 12.9. The lowest BCUT2D eigenvalue weighted by Crippen LogP contribution is -2.41. The van der Waals surface area contributed by atoms with Crippen molar-refractivity contribution >= 4 is 17.7 Å². The van der Waals surface area contributed by atoms with Gasteiger partial charge >= 0.3 is 0 Å². The van der Waals surface area contributed by atoms with Gasteiger partial charge in [-0.25, -0.2) is 0 Å². The summed E-state index contributed by atoms with van der Waals surface area (Å²) in [6, 6.07) is 26.1. The fourth-order valence-corrected chi connectivity index (χ4v) is 4.48. The molecule has 1 N–H and O–H groups in total. The normalized spacial score (nSPS) is 17.1. The molecule has 0 aromatic heterocycles. The minimum absolute atomic E-state index is 0.0511. The van der Waals surface area contributed by atoms with Crippen LogP contribution >= 0.6 is 11.8 Å². The molecule has 0 unspecified atom stereocenters. The zero-order chi connectivity index (χ0) is 20.3. The number of para-hydroxylation sites is 1. The number of carbonyl (C=O) groups excluding carboxylic acids is 1. The molecule has 1 amide bonds. The van der Waals surface area contributed by atoms with Crippen molar-refractivity contribution in [2.24, 2.45) is 0 Å². The van der Waals surface area contributed by atoms with Crippen LogP contribution < -0.4 is 10.1 Å². The molecule has 29 heavy (non-hydrogen) atoms. The third-order valence-corrected chi connectivity index (χ3v) is 6.13. The van der Waals surface area contributed by atoms with Gasteiger partial charge in [-0.1, -0.05) is 48.5 Å². The van der Waals surface area contributed by atoms with E-state index in [1.165, 1.54) is 10.5 Å². The highest BCUT2D eigenvalue weighted by Crippen LogP contribution is 2.39. The monoisotopic (exact) mass is 403 g/mol. The highest BCUT2D eigenvalue weighted by Gasteiger charge is 2.34. The highest BCUT2D eigenvalue weighted by molar-refractivity contribution is 7.98. The predicted octanol–water partition coefficient (Wildman–Crippen LogP) is 6.01. The van der Waals surface area contributed by atoms with Gasteiger partial charge in [0.05, 0.1) is 6.04 Å². The Morgan fingerprint density at radius 1 is 1.00 bits per heavy atom. The van der Waals surface area contributed by atoms with Crippen LogP contribution in [0, 0.1) is 0 Å². The van der Waals surface area contributed by atoms with Crippen LogP contribution in [0.2, 0.25) is 0 Å². The van der Waals surface area contributed by atoms with E-state index in [0.29, 0.717) is 5.56 Å². The molecule has 148 valence electrons. The first-order valence-corrected chi connectivity index (χ1v) is 10.8. The van der Waals surface area contributed by atoms with Crippen molar-refractivity contribution < 1.29 is 9.53 Å². The van der Waals surface area contributed by atoms with E-state index in [1.807, 2.05) is 66.7 Å². The number of rotatable bonds is 5. The van der Waals surface area contributed by atoms with Gasteiger partial charge in [0.2, 0.25) is 0 Å². The molecule has 1 atom stereocenters. The van der Waals surface area contributed by atoms with Crippen molar-refractivity contribution in [3.63, 3.8) is 0 Å². The molecule has 0 saturated heterocycles. The number of nitrogens with one attached hydrogen (secondary N) is 1. The van der Waals surface area contributed by atoms with Crippen molar-refractivity contribution in [3.8, 4) is 5.75 Å². The lowest BCUT2D eigenvalue weighted by atomic mass is 9.89. The lowest BCUT2D eigenvalue weighted by Gasteiger charge is -2.37. The first-order valence-electron chi connectivity index (χ1n) is 9.86. The van der Waals surface area contributed by atoms with Crippen molar-refractivity contribution in [1.29, 1.82) is 0 Å². The summed E-state index contributed by atoms with van der Waals surface area (Å²) in [5, 5.41) is 3.20. The van der Waals surface area contributed by atoms with Crippen molar-refractivity contribution in [2.45, 2.75) is 42.6 Å². The Morgan fingerprint density at radius 2 is 1.69 bits per heavy atom. The molecule has 1 aliphatic rings. The Bertz CT molecular complexity index is 983. The second-order valence-corrected chi connectivity index (χ2v) is 8.98. The van der Waals surface area contributed by atoms with Crippen LogP contribution in [0.1, 0.15) is 47.8 Å². The van der Waals surface area contributed by atoms with Crippen LogP contribution in [0.5, 0.6) is 5.75 Å². The summed E-state index contributed by atoms with van der Waals surface area (Å²) >= 11 is 1.79. The van der Waals surface area contributed by atoms with Crippen LogP contribution in [0.25, 0.3) is 0 Å². The third kappa shape index (κ3) is 4.83. The zero-order valence-electron chi connectivity index (χ0n) is 16.7. The van der Waals surface area contributed by atoms with Gasteiger partial charge in [-0.05, 0) is 49.7 Å². The molecule has 3 nitrogen and oxygen atoms in total. The maximum atomic E-state index is 12.9. The molecule has 4 heteroatoms. The SMILES string of the molecule is CC1(C)C[C@@H](NC(=O)c2ccc(CSc3ccccc3)cc2)c2ccccc2O1. The minimum Gasteiger partial charge on any atom is -0.487 e. The van der Waals surface area contributed by atoms with E-state index in [4.69, 9.17) is 4.74 Å². The Hall–Kier alpha value is -2.72. The number of amides is 1. The molecule has 1 aliphatic heterocycles. The van der Waals surface area contributed by atoms with Crippen LogP contribution in [0.3, 0.4) is 0 Å². The molecular formula is C25H25NO2S. The summed E-state index contributed by atoms with van der Waals surface area (Å²) < 4.78 is 6.06. The fourth-order valence-electron chi connectivity index (χ4n) is 3.61. The van der Waals surface area contributed by atoms with E-state index in [0.717, 1.165) is 23.5 Å². The summed E-state index contributed by atoms with van der Waals surface area (Å²) in [7, 11) is 0. The van der Waals surface area contributed by atoms with Crippen LogP contribution in [0.15, 0.2) is 83.8 Å². The number of thioether (sulfide) groups is 1. The molecule has 0 bridgehead atoms. The highest BCUT2D eigenvalue weighted by atomic mass is 32.2. The summed E-state index contributed by atoms with van der Waals surface area (Å²) in [6.45, 7) is 4.11. The minimum atomic E-state index is -0.315. The summed E-state index contributed by atoms with van der Waals surface area (Å²) in [4.78, 5) is 14.1. The fraction of sp³-hybridized carbons (Fsp3) is 0.240. The average molecular weight is 404 g/mol. The summed E-state index contributed by atoms with van der Waals surface area (Å²) in [5.41, 5.74) is 2.61. The number of benzene rings is 3. The van der Waals surface area contributed by atoms with Gasteiger partial charge in [-0.2, -0.15) is 0 Å². The average Bonchev–Trinajstić information content (AvgIpc) is 2.72. The molecule has 4 rings (SSSR count). The maximum Gasteiger partial charge on any atom is 0.251 e. The van der Waals surface area contributed by atoms with Gasteiger partial charge in [0.25, 0.3) is 5.91 Å². The quantitative estimate of drug-likeness (QED) is 0.530. The number of fused-ring (bicyclic) bond motifs is 1.